The Morgan fingerprint density at radius 2 is 1.92 bits per heavy atom. The van der Waals surface area contributed by atoms with Gasteiger partial charge in [-0.1, -0.05) is 30.0 Å². The second-order valence-electron chi connectivity index (χ2n) is 5.88. The molecule has 1 heterocycles. The molecule has 0 aliphatic rings. The maximum atomic E-state index is 12.0. The number of thioether (sulfide) groups is 1. The van der Waals surface area contributed by atoms with E-state index >= 15 is 0 Å². The molecular formula is C19H19N3O2S. The van der Waals surface area contributed by atoms with Gasteiger partial charge in [-0.3, -0.25) is 4.79 Å². The molecular weight excluding hydrogens is 334 g/mol. The van der Waals surface area contributed by atoms with Crippen LogP contribution in [-0.2, 0) is 4.79 Å². The number of aromatic nitrogens is 2. The van der Waals surface area contributed by atoms with Gasteiger partial charge in [-0.15, -0.1) is 10.2 Å². The average Bonchev–Trinajstić information content (AvgIpc) is 3.04. The van der Waals surface area contributed by atoms with Crippen LogP contribution >= 0.6 is 11.8 Å². The van der Waals surface area contributed by atoms with Gasteiger partial charge in [0, 0.05) is 11.3 Å². The van der Waals surface area contributed by atoms with Gasteiger partial charge in [-0.2, -0.15) is 0 Å². The minimum atomic E-state index is -0.110. The highest BCUT2D eigenvalue weighted by atomic mass is 32.2. The quantitative estimate of drug-likeness (QED) is 0.689. The van der Waals surface area contributed by atoms with E-state index in [2.05, 4.69) is 22.4 Å². The van der Waals surface area contributed by atoms with Crippen LogP contribution in [0.25, 0.3) is 11.5 Å². The van der Waals surface area contributed by atoms with Crippen molar-refractivity contribution in [2.24, 2.45) is 0 Å². The SMILES string of the molecule is Cc1cccc(NC(=O)CSc2nnc(-c3ccc(C)c(C)c3)o2)c1. The number of aryl methyl sites for hydroxylation is 3. The normalized spacial score (nSPS) is 10.7. The highest BCUT2D eigenvalue weighted by Gasteiger charge is 2.12. The molecule has 2 aromatic carbocycles. The molecule has 0 radical (unpaired) electrons. The molecule has 5 nitrogen and oxygen atoms in total. The predicted octanol–water partition coefficient (Wildman–Crippen LogP) is 4.39. The first-order valence-electron chi connectivity index (χ1n) is 7.92. The maximum absolute atomic E-state index is 12.0. The number of anilines is 1. The Bertz CT molecular complexity index is 905. The van der Waals surface area contributed by atoms with Crippen LogP contribution in [0, 0.1) is 20.8 Å². The fourth-order valence-electron chi connectivity index (χ4n) is 2.31. The highest BCUT2D eigenvalue weighted by molar-refractivity contribution is 7.99. The molecule has 0 spiro atoms. The van der Waals surface area contributed by atoms with Gasteiger partial charge in [0.1, 0.15) is 0 Å². The minimum absolute atomic E-state index is 0.110. The van der Waals surface area contributed by atoms with Crippen LogP contribution in [0.2, 0.25) is 0 Å². The fourth-order valence-corrected chi connectivity index (χ4v) is 2.87. The van der Waals surface area contributed by atoms with Crippen molar-refractivity contribution in [3.8, 4) is 11.5 Å². The Labute approximate surface area is 150 Å². The lowest BCUT2D eigenvalue weighted by Gasteiger charge is -2.04. The van der Waals surface area contributed by atoms with Crippen molar-refractivity contribution in [1.82, 2.24) is 10.2 Å². The number of carbonyl (C=O) groups is 1. The topological polar surface area (TPSA) is 68.0 Å². The maximum Gasteiger partial charge on any atom is 0.277 e. The van der Waals surface area contributed by atoms with E-state index < -0.39 is 0 Å². The third kappa shape index (κ3) is 4.48. The van der Waals surface area contributed by atoms with Crippen molar-refractivity contribution in [3.05, 3.63) is 59.2 Å². The molecule has 1 amide bonds. The first-order chi connectivity index (χ1) is 12.0. The summed E-state index contributed by atoms with van der Waals surface area (Å²) in [5.74, 6) is 0.564. The molecule has 3 aromatic rings. The van der Waals surface area contributed by atoms with Gasteiger partial charge >= 0.3 is 0 Å². The zero-order valence-electron chi connectivity index (χ0n) is 14.4. The van der Waals surface area contributed by atoms with Gasteiger partial charge in [0.15, 0.2) is 0 Å². The van der Waals surface area contributed by atoms with Crippen LogP contribution in [0.3, 0.4) is 0 Å². The lowest BCUT2D eigenvalue weighted by atomic mass is 10.1. The van der Waals surface area contributed by atoms with Gasteiger partial charge in [-0.05, 0) is 61.7 Å². The largest absolute Gasteiger partial charge is 0.411 e. The van der Waals surface area contributed by atoms with Crippen molar-refractivity contribution in [2.45, 2.75) is 26.0 Å². The van der Waals surface area contributed by atoms with Gasteiger partial charge in [0.05, 0.1) is 5.75 Å². The molecule has 0 bridgehead atoms. The minimum Gasteiger partial charge on any atom is -0.411 e. The van der Waals surface area contributed by atoms with E-state index in [4.69, 9.17) is 4.42 Å². The Hall–Kier alpha value is -2.60. The van der Waals surface area contributed by atoms with Crippen LogP contribution in [0.5, 0.6) is 0 Å². The number of nitrogens with zero attached hydrogens (tertiary/aromatic N) is 2. The second-order valence-corrected chi connectivity index (χ2v) is 6.81. The first kappa shape index (κ1) is 17.2. The summed E-state index contributed by atoms with van der Waals surface area (Å²) in [5.41, 5.74) is 5.15. The molecule has 0 unspecified atom stereocenters. The van der Waals surface area contributed by atoms with E-state index in [9.17, 15) is 4.79 Å². The summed E-state index contributed by atoms with van der Waals surface area (Å²) in [4.78, 5) is 12.0. The van der Waals surface area contributed by atoms with Gasteiger partial charge < -0.3 is 9.73 Å². The third-order valence-electron chi connectivity index (χ3n) is 3.79. The zero-order valence-corrected chi connectivity index (χ0v) is 15.2. The van der Waals surface area contributed by atoms with E-state index in [1.807, 2.05) is 56.3 Å². The van der Waals surface area contributed by atoms with Gasteiger partial charge in [0.2, 0.25) is 11.8 Å². The Kier molecular flexibility index (Phi) is 5.19. The van der Waals surface area contributed by atoms with E-state index in [-0.39, 0.29) is 11.7 Å². The van der Waals surface area contributed by atoms with Gasteiger partial charge in [-0.25, -0.2) is 0 Å². The Morgan fingerprint density at radius 1 is 1.08 bits per heavy atom. The average molecular weight is 353 g/mol. The molecule has 1 N–H and O–H groups in total. The van der Waals surface area contributed by atoms with E-state index in [0.29, 0.717) is 11.1 Å². The summed E-state index contributed by atoms with van der Waals surface area (Å²) in [6.45, 7) is 6.08. The lowest BCUT2D eigenvalue weighted by molar-refractivity contribution is -0.113. The summed E-state index contributed by atoms with van der Waals surface area (Å²) in [5, 5.41) is 11.3. The van der Waals surface area contributed by atoms with Crippen LogP contribution in [0.15, 0.2) is 52.1 Å². The monoisotopic (exact) mass is 353 g/mol. The molecule has 25 heavy (non-hydrogen) atoms. The van der Waals surface area contributed by atoms with Crippen molar-refractivity contribution in [1.29, 1.82) is 0 Å². The molecule has 1 aromatic heterocycles. The first-order valence-corrected chi connectivity index (χ1v) is 8.90. The van der Waals surface area contributed by atoms with Crippen LogP contribution in [0.4, 0.5) is 5.69 Å². The standard InChI is InChI=1S/C19H19N3O2S/c1-12-5-4-6-16(9-12)20-17(23)11-25-19-22-21-18(24-19)15-8-7-13(2)14(3)10-15/h4-10H,11H2,1-3H3,(H,20,23). The van der Waals surface area contributed by atoms with Crippen molar-refractivity contribution < 1.29 is 9.21 Å². The molecule has 0 aliphatic carbocycles. The number of carbonyl (C=O) groups excluding carboxylic acids is 1. The number of hydrogen-bond donors (Lipinski definition) is 1. The lowest BCUT2D eigenvalue weighted by Crippen LogP contribution is -2.13. The summed E-state index contributed by atoms with van der Waals surface area (Å²) < 4.78 is 5.65. The van der Waals surface area contributed by atoms with Crippen LogP contribution in [0.1, 0.15) is 16.7 Å². The molecule has 3 rings (SSSR count). The molecule has 128 valence electrons. The van der Waals surface area contributed by atoms with Crippen molar-refractivity contribution in [2.75, 3.05) is 11.1 Å². The second kappa shape index (κ2) is 7.53. The fraction of sp³-hybridized carbons (Fsp3) is 0.211. The molecule has 0 atom stereocenters. The van der Waals surface area contributed by atoms with Crippen molar-refractivity contribution >= 4 is 23.4 Å². The Morgan fingerprint density at radius 3 is 2.68 bits per heavy atom. The summed E-state index contributed by atoms with van der Waals surface area (Å²) in [6, 6.07) is 13.7. The molecule has 0 saturated heterocycles. The van der Waals surface area contributed by atoms with Crippen molar-refractivity contribution in [3.63, 3.8) is 0 Å². The van der Waals surface area contributed by atoms with Crippen LogP contribution in [-0.4, -0.2) is 21.9 Å². The number of amides is 1. The summed E-state index contributed by atoms with van der Waals surface area (Å²) in [7, 11) is 0. The smallest absolute Gasteiger partial charge is 0.277 e. The van der Waals surface area contributed by atoms with E-state index in [1.54, 1.807) is 0 Å². The molecule has 0 saturated carbocycles. The zero-order chi connectivity index (χ0) is 17.8. The van der Waals surface area contributed by atoms with E-state index in [0.717, 1.165) is 16.8 Å². The number of benzene rings is 2. The van der Waals surface area contributed by atoms with E-state index in [1.165, 1.54) is 22.9 Å². The Balaban J connectivity index is 1.59. The highest BCUT2D eigenvalue weighted by Crippen LogP contribution is 2.25. The molecule has 6 heteroatoms. The predicted molar refractivity (Wildman–Crippen MR) is 99.7 cm³/mol. The summed E-state index contributed by atoms with van der Waals surface area (Å²) >= 11 is 1.22. The van der Waals surface area contributed by atoms with Crippen LogP contribution < -0.4 is 5.32 Å². The summed E-state index contributed by atoms with van der Waals surface area (Å²) in [6.07, 6.45) is 0. The number of rotatable bonds is 5. The molecule has 0 aliphatic heterocycles. The third-order valence-corrected chi connectivity index (χ3v) is 4.61. The van der Waals surface area contributed by atoms with Gasteiger partial charge in [0.25, 0.3) is 5.22 Å². The number of nitrogens with one attached hydrogen (secondary N) is 1. The number of hydrogen-bond acceptors (Lipinski definition) is 5. The molecule has 0 fully saturated rings.